The number of amides is 3. The first kappa shape index (κ1) is 20.6. The van der Waals surface area contributed by atoms with Gasteiger partial charge in [-0.05, 0) is 32.9 Å². The number of ether oxygens (including phenoxy) is 1. The molecule has 1 heterocycles. The molecule has 136 valence electrons. The highest BCUT2D eigenvalue weighted by Crippen LogP contribution is 2.15. The number of rotatable bonds is 3. The Kier molecular flexibility index (Phi) is 7.56. The molecule has 1 rings (SSSR count). The van der Waals surface area contributed by atoms with Crippen molar-refractivity contribution in [2.24, 2.45) is 4.99 Å². The summed E-state index contributed by atoms with van der Waals surface area (Å²) in [5.74, 6) is -0.308. The summed E-state index contributed by atoms with van der Waals surface area (Å²) in [6.45, 7) is 7.98. The fourth-order valence-corrected chi connectivity index (χ4v) is 2.40. The molecule has 0 radical (unpaired) electrons. The second kappa shape index (κ2) is 9.16. The summed E-state index contributed by atoms with van der Waals surface area (Å²) >= 11 is 1.18. The molecule has 0 bridgehead atoms. The van der Waals surface area contributed by atoms with Crippen LogP contribution in [0, 0.1) is 0 Å². The highest BCUT2D eigenvalue weighted by molar-refractivity contribution is 8.13. The van der Waals surface area contributed by atoms with E-state index in [-0.39, 0.29) is 11.1 Å². The molecule has 0 saturated carbocycles. The Balaban J connectivity index is 2.63. The first-order valence-electron chi connectivity index (χ1n) is 7.50. The summed E-state index contributed by atoms with van der Waals surface area (Å²) in [6, 6.07) is 3.41. The zero-order chi connectivity index (χ0) is 19.0. The molecular formula is C16H22N4O4S. The molecule has 8 nitrogen and oxygen atoms in total. The molecule has 0 aromatic carbocycles. The topological polar surface area (TPSA) is 110 Å². The van der Waals surface area contributed by atoms with Gasteiger partial charge in [0, 0.05) is 19.6 Å². The Bertz CT molecular complexity index is 666. The maximum atomic E-state index is 11.7. The van der Waals surface area contributed by atoms with Gasteiger partial charge in [-0.1, -0.05) is 11.8 Å². The Morgan fingerprint density at radius 1 is 1.24 bits per heavy atom. The number of pyridine rings is 1. The third-order valence-corrected chi connectivity index (χ3v) is 3.28. The van der Waals surface area contributed by atoms with Gasteiger partial charge in [0.2, 0.25) is 11.8 Å². The molecule has 1 aromatic heterocycles. The molecule has 0 aliphatic heterocycles. The van der Waals surface area contributed by atoms with E-state index in [1.807, 2.05) is 0 Å². The van der Waals surface area contributed by atoms with Crippen molar-refractivity contribution in [3.63, 3.8) is 0 Å². The maximum absolute atomic E-state index is 11.7. The molecule has 0 aliphatic carbocycles. The van der Waals surface area contributed by atoms with Crippen LogP contribution in [0.15, 0.2) is 23.3 Å². The Morgan fingerprint density at radius 2 is 1.92 bits per heavy atom. The van der Waals surface area contributed by atoms with Gasteiger partial charge in [-0.2, -0.15) is 4.99 Å². The number of thioether (sulfide) groups is 1. The van der Waals surface area contributed by atoms with Gasteiger partial charge >= 0.3 is 6.09 Å². The second-order valence-corrected chi connectivity index (χ2v) is 7.03. The van der Waals surface area contributed by atoms with Gasteiger partial charge in [-0.15, -0.1) is 0 Å². The number of carbonyl (C=O) groups is 3. The number of aliphatic imine (C=N–C) groups is 1. The minimum Gasteiger partial charge on any atom is -0.444 e. The van der Waals surface area contributed by atoms with E-state index < -0.39 is 17.6 Å². The van der Waals surface area contributed by atoms with E-state index in [1.54, 1.807) is 32.9 Å². The van der Waals surface area contributed by atoms with E-state index in [2.05, 4.69) is 20.6 Å². The molecule has 0 spiro atoms. The van der Waals surface area contributed by atoms with Crippen LogP contribution in [0.2, 0.25) is 0 Å². The summed E-state index contributed by atoms with van der Waals surface area (Å²) < 4.78 is 5.15. The highest BCUT2D eigenvalue weighted by atomic mass is 32.2. The first-order valence-corrected chi connectivity index (χ1v) is 8.48. The third kappa shape index (κ3) is 9.46. The lowest BCUT2D eigenvalue weighted by atomic mass is 10.2. The molecule has 3 amide bonds. The van der Waals surface area contributed by atoms with E-state index in [1.165, 1.54) is 31.8 Å². The molecule has 0 saturated heterocycles. The summed E-state index contributed by atoms with van der Waals surface area (Å²) in [4.78, 5) is 41.8. The number of hydrogen-bond donors (Lipinski definition) is 2. The van der Waals surface area contributed by atoms with Crippen LogP contribution in [0.1, 0.15) is 40.3 Å². The van der Waals surface area contributed by atoms with Gasteiger partial charge < -0.3 is 10.1 Å². The average Bonchev–Trinajstić information content (AvgIpc) is 2.43. The first-order chi connectivity index (χ1) is 11.5. The average molecular weight is 366 g/mol. The van der Waals surface area contributed by atoms with Crippen molar-refractivity contribution in [3.8, 4) is 0 Å². The molecule has 1 aromatic rings. The lowest BCUT2D eigenvalue weighted by Gasteiger charge is -2.19. The predicted octanol–water partition coefficient (Wildman–Crippen LogP) is 2.70. The van der Waals surface area contributed by atoms with Crippen molar-refractivity contribution in [1.82, 2.24) is 10.3 Å². The normalized spacial score (nSPS) is 11.6. The number of aromatic nitrogens is 1. The van der Waals surface area contributed by atoms with E-state index in [0.717, 1.165) is 0 Å². The molecule has 2 N–H and O–H groups in total. The number of hydrogen-bond acceptors (Lipinski definition) is 6. The standard InChI is InChI=1S/C16H22N4O4S/c1-10(21)18-14(19-11(2)22)25-9-13-7-6-12(8-17-13)20-15(23)24-16(3,4)5/h6-8H,9H2,1-5H3,(H,20,23)(H,18,19,21,22). The van der Waals surface area contributed by atoms with E-state index in [4.69, 9.17) is 4.74 Å². The lowest BCUT2D eigenvalue weighted by molar-refractivity contribution is -0.117. The smallest absolute Gasteiger partial charge is 0.412 e. The van der Waals surface area contributed by atoms with Crippen LogP contribution >= 0.6 is 11.8 Å². The molecule has 0 fully saturated rings. The van der Waals surface area contributed by atoms with Crippen molar-refractivity contribution < 1.29 is 19.1 Å². The molecule has 0 atom stereocenters. The van der Waals surface area contributed by atoms with Gasteiger partial charge in [0.15, 0.2) is 5.17 Å². The van der Waals surface area contributed by atoms with Crippen molar-refractivity contribution >= 4 is 40.5 Å². The van der Waals surface area contributed by atoms with E-state index in [9.17, 15) is 14.4 Å². The van der Waals surface area contributed by atoms with Crippen LogP contribution in [0.25, 0.3) is 0 Å². The molecule has 9 heteroatoms. The number of anilines is 1. The molecule has 0 unspecified atom stereocenters. The van der Waals surface area contributed by atoms with Crippen LogP contribution in [0.3, 0.4) is 0 Å². The van der Waals surface area contributed by atoms with Crippen LogP contribution in [0.4, 0.5) is 10.5 Å². The van der Waals surface area contributed by atoms with Crippen molar-refractivity contribution in [2.45, 2.75) is 46.0 Å². The summed E-state index contributed by atoms with van der Waals surface area (Å²) in [6.07, 6.45) is 0.943. The minimum absolute atomic E-state index is 0.220. The quantitative estimate of drug-likeness (QED) is 0.629. The monoisotopic (exact) mass is 366 g/mol. The van der Waals surface area contributed by atoms with Crippen LogP contribution in [-0.2, 0) is 20.1 Å². The van der Waals surface area contributed by atoms with Crippen molar-refractivity contribution in [1.29, 1.82) is 0 Å². The number of carbonyl (C=O) groups excluding carboxylic acids is 3. The van der Waals surface area contributed by atoms with Crippen LogP contribution < -0.4 is 10.6 Å². The summed E-state index contributed by atoms with van der Waals surface area (Å²) in [5.41, 5.74) is 0.619. The van der Waals surface area contributed by atoms with Gasteiger partial charge in [0.25, 0.3) is 0 Å². The van der Waals surface area contributed by atoms with Crippen LogP contribution in [-0.4, -0.2) is 33.7 Å². The Morgan fingerprint density at radius 3 is 2.40 bits per heavy atom. The molecular weight excluding hydrogens is 344 g/mol. The van der Waals surface area contributed by atoms with Crippen molar-refractivity contribution in [3.05, 3.63) is 24.0 Å². The number of amidine groups is 1. The number of nitrogens with one attached hydrogen (secondary N) is 2. The van der Waals surface area contributed by atoms with E-state index in [0.29, 0.717) is 17.1 Å². The van der Waals surface area contributed by atoms with Gasteiger partial charge in [-0.3, -0.25) is 19.9 Å². The summed E-state index contributed by atoms with van der Waals surface area (Å²) in [5, 5.41) is 5.30. The zero-order valence-corrected chi connectivity index (χ0v) is 15.7. The Labute approximate surface area is 150 Å². The molecule has 0 aliphatic rings. The maximum Gasteiger partial charge on any atom is 0.412 e. The fourth-order valence-electron chi connectivity index (χ4n) is 1.54. The van der Waals surface area contributed by atoms with Crippen LogP contribution in [0.5, 0.6) is 0 Å². The van der Waals surface area contributed by atoms with Gasteiger partial charge in [0.1, 0.15) is 5.60 Å². The second-order valence-electron chi connectivity index (χ2n) is 6.07. The SMILES string of the molecule is CC(=O)/N=C(/NC(C)=O)SCc1ccc(NC(=O)OC(C)(C)C)cn1. The minimum atomic E-state index is -0.579. The third-order valence-electron chi connectivity index (χ3n) is 2.37. The predicted molar refractivity (Wildman–Crippen MR) is 97.3 cm³/mol. The Hall–Kier alpha value is -2.42. The zero-order valence-electron chi connectivity index (χ0n) is 14.9. The largest absolute Gasteiger partial charge is 0.444 e. The van der Waals surface area contributed by atoms with E-state index >= 15 is 0 Å². The molecule has 25 heavy (non-hydrogen) atoms. The summed E-state index contributed by atoms with van der Waals surface area (Å²) in [7, 11) is 0. The van der Waals surface area contributed by atoms with Gasteiger partial charge in [0.05, 0.1) is 17.6 Å². The highest BCUT2D eigenvalue weighted by Gasteiger charge is 2.16. The van der Waals surface area contributed by atoms with Gasteiger partial charge in [-0.25, -0.2) is 4.79 Å². The number of nitrogens with zero attached hydrogens (tertiary/aromatic N) is 2. The van der Waals surface area contributed by atoms with Crippen molar-refractivity contribution in [2.75, 3.05) is 5.32 Å². The lowest BCUT2D eigenvalue weighted by Crippen LogP contribution is -2.27. The fraction of sp³-hybridized carbons (Fsp3) is 0.438.